The van der Waals surface area contributed by atoms with E-state index in [0.717, 1.165) is 0 Å². The summed E-state index contributed by atoms with van der Waals surface area (Å²) in [5, 5.41) is 3.17. The van der Waals surface area contributed by atoms with Crippen molar-refractivity contribution >= 4 is 11.9 Å². The van der Waals surface area contributed by atoms with Gasteiger partial charge in [-0.05, 0) is 19.8 Å². The molecular weight excluding hydrogens is 244 g/mol. The summed E-state index contributed by atoms with van der Waals surface area (Å²) in [5.41, 5.74) is 6.67. The first-order chi connectivity index (χ1) is 8.99. The van der Waals surface area contributed by atoms with Crippen LogP contribution in [0.2, 0.25) is 0 Å². The summed E-state index contributed by atoms with van der Waals surface area (Å²) in [6.07, 6.45) is 1.48. The summed E-state index contributed by atoms with van der Waals surface area (Å²) in [6, 6.07) is 0.104. The summed E-state index contributed by atoms with van der Waals surface area (Å²) in [4.78, 5) is 20.0. The van der Waals surface area contributed by atoms with Gasteiger partial charge < -0.3 is 15.8 Å². The van der Waals surface area contributed by atoms with Crippen molar-refractivity contribution in [2.75, 3.05) is 18.5 Å². The van der Waals surface area contributed by atoms with Gasteiger partial charge in [-0.1, -0.05) is 13.8 Å². The van der Waals surface area contributed by atoms with Gasteiger partial charge in [0, 0.05) is 18.8 Å². The van der Waals surface area contributed by atoms with E-state index in [1.807, 2.05) is 0 Å². The summed E-state index contributed by atoms with van der Waals surface area (Å²) in [6.45, 7) is 8.50. The number of hydrogen-bond acceptors (Lipinski definition) is 6. The van der Waals surface area contributed by atoms with Gasteiger partial charge in [0.1, 0.15) is 0 Å². The standard InChI is InChI=1S/C13H22N4O2/c1-5-19-12(18)10-7-15-13(16-9(10)4)17-11(6-14)8(2)3/h7-8,11H,5-6,14H2,1-4H3,(H,15,16,17). The topological polar surface area (TPSA) is 90.1 Å². The van der Waals surface area contributed by atoms with Crippen LogP contribution in [-0.4, -0.2) is 35.1 Å². The van der Waals surface area contributed by atoms with E-state index < -0.39 is 5.97 Å². The van der Waals surface area contributed by atoms with Crippen molar-refractivity contribution in [3.05, 3.63) is 17.5 Å². The lowest BCUT2D eigenvalue weighted by atomic mass is 10.1. The fourth-order valence-corrected chi connectivity index (χ4v) is 1.61. The van der Waals surface area contributed by atoms with E-state index in [2.05, 4.69) is 29.1 Å². The highest BCUT2D eigenvalue weighted by atomic mass is 16.5. The molecule has 0 aliphatic rings. The minimum atomic E-state index is -0.397. The predicted octanol–water partition coefficient (Wildman–Crippen LogP) is 1.36. The van der Waals surface area contributed by atoms with E-state index in [4.69, 9.17) is 10.5 Å². The summed E-state index contributed by atoms with van der Waals surface area (Å²) in [7, 11) is 0. The van der Waals surface area contributed by atoms with Crippen LogP contribution >= 0.6 is 0 Å². The SMILES string of the molecule is CCOC(=O)c1cnc(NC(CN)C(C)C)nc1C. The number of carbonyl (C=O) groups excluding carboxylic acids is 1. The molecule has 0 aromatic carbocycles. The molecule has 0 spiro atoms. The first-order valence-electron chi connectivity index (χ1n) is 6.46. The Hall–Kier alpha value is -1.69. The number of nitrogens with two attached hydrogens (primary N) is 1. The third kappa shape index (κ3) is 4.17. The van der Waals surface area contributed by atoms with Crippen LogP contribution in [-0.2, 0) is 4.74 Å². The van der Waals surface area contributed by atoms with Crippen LogP contribution in [0.15, 0.2) is 6.20 Å². The van der Waals surface area contributed by atoms with Gasteiger partial charge in [-0.2, -0.15) is 0 Å². The Labute approximate surface area is 113 Å². The van der Waals surface area contributed by atoms with Crippen LogP contribution in [0.5, 0.6) is 0 Å². The Morgan fingerprint density at radius 1 is 1.53 bits per heavy atom. The van der Waals surface area contributed by atoms with Gasteiger partial charge >= 0.3 is 5.97 Å². The number of nitrogens with zero attached hydrogens (tertiary/aromatic N) is 2. The van der Waals surface area contributed by atoms with Gasteiger partial charge in [0.15, 0.2) is 0 Å². The van der Waals surface area contributed by atoms with Crippen LogP contribution in [0.25, 0.3) is 0 Å². The number of rotatable bonds is 6. The molecule has 1 aromatic heterocycles. The molecule has 0 radical (unpaired) electrons. The van der Waals surface area contributed by atoms with Crippen molar-refractivity contribution in [2.24, 2.45) is 11.7 Å². The number of anilines is 1. The van der Waals surface area contributed by atoms with Crippen molar-refractivity contribution < 1.29 is 9.53 Å². The zero-order valence-corrected chi connectivity index (χ0v) is 11.9. The number of hydrogen-bond donors (Lipinski definition) is 2. The maximum atomic E-state index is 11.6. The maximum Gasteiger partial charge on any atom is 0.341 e. The third-order valence-electron chi connectivity index (χ3n) is 2.85. The summed E-state index contributed by atoms with van der Waals surface area (Å²) in [5.74, 6) is 0.458. The van der Waals surface area contributed by atoms with E-state index in [0.29, 0.717) is 36.3 Å². The number of carbonyl (C=O) groups is 1. The van der Waals surface area contributed by atoms with Gasteiger partial charge in [0.05, 0.1) is 17.9 Å². The number of aromatic nitrogens is 2. The highest BCUT2D eigenvalue weighted by Crippen LogP contribution is 2.11. The number of nitrogens with one attached hydrogen (secondary N) is 1. The molecule has 0 aliphatic carbocycles. The zero-order chi connectivity index (χ0) is 14.4. The van der Waals surface area contributed by atoms with Gasteiger partial charge in [-0.25, -0.2) is 14.8 Å². The van der Waals surface area contributed by atoms with E-state index >= 15 is 0 Å². The zero-order valence-electron chi connectivity index (χ0n) is 11.9. The third-order valence-corrected chi connectivity index (χ3v) is 2.85. The molecule has 1 heterocycles. The van der Waals surface area contributed by atoms with Crippen molar-refractivity contribution in [1.29, 1.82) is 0 Å². The minimum Gasteiger partial charge on any atom is -0.462 e. The number of esters is 1. The van der Waals surface area contributed by atoms with E-state index in [1.54, 1.807) is 13.8 Å². The van der Waals surface area contributed by atoms with E-state index in [-0.39, 0.29) is 6.04 Å². The van der Waals surface area contributed by atoms with Crippen LogP contribution < -0.4 is 11.1 Å². The Kier molecular flexibility index (Phi) is 5.69. The first kappa shape index (κ1) is 15.4. The van der Waals surface area contributed by atoms with Crippen molar-refractivity contribution in [3.63, 3.8) is 0 Å². The molecular formula is C13H22N4O2. The fourth-order valence-electron chi connectivity index (χ4n) is 1.61. The van der Waals surface area contributed by atoms with Gasteiger partial charge in [-0.3, -0.25) is 0 Å². The molecule has 1 rings (SSSR count). The number of ether oxygens (including phenoxy) is 1. The average Bonchev–Trinajstić information content (AvgIpc) is 2.35. The molecule has 0 saturated carbocycles. The second-order valence-electron chi connectivity index (χ2n) is 4.64. The average molecular weight is 266 g/mol. The molecule has 1 aromatic rings. The van der Waals surface area contributed by atoms with Crippen molar-refractivity contribution in [3.8, 4) is 0 Å². The highest BCUT2D eigenvalue weighted by Gasteiger charge is 2.15. The molecule has 0 saturated heterocycles. The lowest BCUT2D eigenvalue weighted by molar-refractivity contribution is 0.0524. The molecule has 0 amide bonds. The normalized spacial score (nSPS) is 12.3. The van der Waals surface area contributed by atoms with Gasteiger partial charge in [0.2, 0.25) is 5.95 Å². The quantitative estimate of drug-likeness (QED) is 0.755. The second-order valence-corrected chi connectivity index (χ2v) is 4.64. The Morgan fingerprint density at radius 3 is 2.68 bits per heavy atom. The molecule has 1 unspecified atom stereocenters. The first-order valence-corrected chi connectivity index (χ1v) is 6.46. The Morgan fingerprint density at radius 2 is 2.21 bits per heavy atom. The van der Waals surface area contributed by atoms with E-state index in [9.17, 15) is 4.79 Å². The minimum absolute atomic E-state index is 0.104. The molecule has 0 bridgehead atoms. The van der Waals surface area contributed by atoms with Crippen LogP contribution in [0, 0.1) is 12.8 Å². The van der Waals surface area contributed by atoms with Crippen molar-refractivity contribution in [1.82, 2.24) is 9.97 Å². The molecule has 0 fully saturated rings. The summed E-state index contributed by atoms with van der Waals surface area (Å²) < 4.78 is 4.93. The molecule has 6 nitrogen and oxygen atoms in total. The Balaban J connectivity index is 2.84. The highest BCUT2D eigenvalue weighted by molar-refractivity contribution is 5.90. The molecule has 0 aliphatic heterocycles. The molecule has 106 valence electrons. The van der Waals surface area contributed by atoms with Crippen molar-refractivity contribution in [2.45, 2.75) is 33.7 Å². The van der Waals surface area contributed by atoms with E-state index in [1.165, 1.54) is 6.20 Å². The number of aryl methyl sites for hydroxylation is 1. The monoisotopic (exact) mass is 266 g/mol. The molecule has 6 heteroatoms. The Bertz CT molecular complexity index is 435. The lowest BCUT2D eigenvalue weighted by Crippen LogP contribution is -2.34. The predicted molar refractivity (Wildman–Crippen MR) is 74.0 cm³/mol. The summed E-state index contributed by atoms with van der Waals surface area (Å²) >= 11 is 0. The molecule has 1 atom stereocenters. The molecule has 19 heavy (non-hydrogen) atoms. The largest absolute Gasteiger partial charge is 0.462 e. The lowest BCUT2D eigenvalue weighted by Gasteiger charge is -2.20. The van der Waals surface area contributed by atoms with Crippen LogP contribution in [0.3, 0.4) is 0 Å². The second kappa shape index (κ2) is 7.04. The fraction of sp³-hybridized carbons (Fsp3) is 0.615. The maximum absolute atomic E-state index is 11.6. The van der Waals surface area contributed by atoms with Gasteiger partial charge in [-0.15, -0.1) is 0 Å². The van der Waals surface area contributed by atoms with Gasteiger partial charge in [0.25, 0.3) is 0 Å². The van der Waals surface area contributed by atoms with Crippen LogP contribution in [0.4, 0.5) is 5.95 Å². The smallest absolute Gasteiger partial charge is 0.341 e. The molecule has 3 N–H and O–H groups in total. The van der Waals surface area contributed by atoms with Crippen LogP contribution in [0.1, 0.15) is 36.8 Å².